The van der Waals surface area contributed by atoms with Crippen LogP contribution in [0.5, 0.6) is 0 Å². The van der Waals surface area contributed by atoms with Crippen LogP contribution in [0.1, 0.15) is 38.4 Å². The molecule has 0 spiro atoms. The summed E-state index contributed by atoms with van der Waals surface area (Å²) in [5.74, 6) is -1.68. The fourth-order valence-electron chi connectivity index (χ4n) is 2.64. The molecule has 0 unspecified atom stereocenters. The molecule has 0 fully saturated rings. The summed E-state index contributed by atoms with van der Waals surface area (Å²) < 4.78 is 40.7. The van der Waals surface area contributed by atoms with Gasteiger partial charge in [0.2, 0.25) is 0 Å². The zero-order valence-corrected chi connectivity index (χ0v) is 13.6. The largest absolute Gasteiger partial charge is 0.438 e. The monoisotopic (exact) mass is 363 g/mol. The van der Waals surface area contributed by atoms with Crippen molar-refractivity contribution in [2.24, 2.45) is 5.10 Å². The maximum absolute atomic E-state index is 13.3. The Labute approximate surface area is 139 Å². The van der Waals surface area contributed by atoms with Gasteiger partial charge < -0.3 is 15.2 Å². The highest BCUT2D eigenvalue weighted by Gasteiger charge is 2.63. The molecular weight excluding hydrogens is 347 g/mol. The number of hydrogen-bond donors (Lipinski definition) is 1. The Kier molecular flexibility index (Phi) is 4.59. The Hall–Kier alpha value is -2.50. The molecule has 0 radical (unpaired) electrons. The lowest BCUT2D eigenvalue weighted by molar-refractivity contribution is -0.389. The topological polar surface area (TPSA) is 114 Å². The zero-order valence-electron chi connectivity index (χ0n) is 13.6. The molecule has 9 nitrogen and oxygen atoms in total. The van der Waals surface area contributed by atoms with Crippen LogP contribution in [0.4, 0.5) is 19.0 Å². The smallest absolute Gasteiger partial charge is 0.362 e. The van der Waals surface area contributed by atoms with Gasteiger partial charge in [-0.2, -0.15) is 28.0 Å². The summed E-state index contributed by atoms with van der Waals surface area (Å²) in [7, 11) is 0. The molecule has 1 aromatic heterocycles. The fraction of sp³-hybridized carbons (Fsp3) is 0.615. The quantitative estimate of drug-likeness (QED) is 0.648. The Morgan fingerprint density at radius 2 is 2.12 bits per heavy atom. The first-order valence-corrected chi connectivity index (χ1v) is 7.30. The number of amides is 1. The molecule has 0 bridgehead atoms. The summed E-state index contributed by atoms with van der Waals surface area (Å²) in [6, 6.07) is -0.179. The number of hydrogen-bond acceptors (Lipinski definition) is 6. The second-order valence-corrected chi connectivity index (χ2v) is 5.75. The van der Waals surface area contributed by atoms with E-state index in [-0.39, 0.29) is 22.8 Å². The molecule has 1 N–H and O–H groups in total. The lowest BCUT2D eigenvalue weighted by Gasteiger charge is -2.34. The number of nitro groups is 1. The van der Waals surface area contributed by atoms with Gasteiger partial charge >= 0.3 is 12.0 Å². The predicted octanol–water partition coefficient (Wildman–Crippen LogP) is 1.91. The lowest BCUT2D eigenvalue weighted by Crippen LogP contribution is -2.57. The second-order valence-electron chi connectivity index (χ2n) is 5.75. The van der Waals surface area contributed by atoms with E-state index in [9.17, 15) is 33.2 Å². The van der Waals surface area contributed by atoms with Crippen molar-refractivity contribution in [3.8, 4) is 0 Å². The minimum atomic E-state index is -5.12. The predicted molar refractivity (Wildman–Crippen MR) is 78.5 cm³/mol. The van der Waals surface area contributed by atoms with Crippen LogP contribution >= 0.6 is 0 Å². The molecule has 1 aliphatic heterocycles. The first kappa shape index (κ1) is 18.8. The van der Waals surface area contributed by atoms with E-state index < -0.39 is 41.0 Å². The van der Waals surface area contributed by atoms with Crippen LogP contribution in [-0.2, 0) is 4.79 Å². The van der Waals surface area contributed by atoms with E-state index in [1.54, 1.807) is 0 Å². The molecule has 1 aromatic rings. The van der Waals surface area contributed by atoms with Crippen molar-refractivity contribution in [1.82, 2.24) is 14.8 Å². The third-order valence-electron chi connectivity index (χ3n) is 3.85. The summed E-state index contributed by atoms with van der Waals surface area (Å²) >= 11 is 0. The number of carbonyl (C=O) groups is 1. The van der Waals surface area contributed by atoms with Gasteiger partial charge in [-0.1, -0.05) is 6.92 Å². The molecule has 0 saturated carbocycles. The Balaban J connectivity index is 2.44. The van der Waals surface area contributed by atoms with Gasteiger partial charge in [-0.25, -0.2) is 0 Å². The number of alkyl halides is 3. The van der Waals surface area contributed by atoms with Crippen LogP contribution < -0.4 is 0 Å². The minimum Gasteiger partial charge on any atom is -0.362 e. The molecule has 0 saturated heterocycles. The number of aryl methyl sites for hydroxylation is 1. The fourth-order valence-corrected chi connectivity index (χ4v) is 2.64. The molecule has 2 rings (SSSR count). The van der Waals surface area contributed by atoms with Crippen molar-refractivity contribution in [2.45, 2.75) is 51.6 Å². The van der Waals surface area contributed by atoms with Crippen LogP contribution in [0.25, 0.3) is 0 Å². The van der Waals surface area contributed by atoms with Gasteiger partial charge in [0.1, 0.15) is 0 Å². The third-order valence-corrected chi connectivity index (χ3v) is 3.85. The van der Waals surface area contributed by atoms with Gasteiger partial charge in [0.25, 0.3) is 11.6 Å². The number of nitrogens with zero attached hydrogens (tertiary/aromatic N) is 5. The number of halogens is 3. The van der Waals surface area contributed by atoms with Crippen LogP contribution in [0.15, 0.2) is 11.2 Å². The lowest BCUT2D eigenvalue weighted by atomic mass is 10.1. The Morgan fingerprint density at radius 1 is 1.52 bits per heavy atom. The summed E-state index contributed by atoms with van der Waals surface area (Å²) in [4.78, 5) is 22.7. The average molecular weight is 363 g/mol. The first-order valence-electron chi connectivity index (χ1n) is 7.30. The summed E-state index contributed by atoms with van der Waals surface area (Å²) in [6.07, 6.45) is -5.98. The molecule has 1 aliphatic rings. The van der Waals surface area contributed by atoms with Crippen molar-refractivity contribution in [2.75, 3.05) is 0 Å². The zero-order chi connectivity index (χ0) is 19.2. The van der Waals surface area contributed by atoms with Crippen LogP contribution in [0, 0.1) is 17.0 Å². The highest BCUT2D eigenvalue weighted by atomic mass is 19.4. The highest BCUT2D eigenvalue weighted by Crippen LogP contribution is 2.41. The van der Waals surface area contributed by atoms with E-state index >= 15 is 0 Å². The number of aromatic nitrogens is 2. The maximum atomic E-state index is 13.3. The first-order chi connectivity index (χ1) is 11.4. The van der Waals surface area contributed by atoms with Crippen molar-refractivity contribution < 1.29 is 28.0 Å². The van der Waals surface area contributed by atoms with E-state index in [0.717, 1.165) is 10.7 Å². The van der Waals surface area contributed by atoms with Crippen molar-refractivity contribution in [3.63, 3.8) is 0 Å². The number of rotatable bonds is 4. The second kappa shape index (κ2) is 6.10. The number of carbonyl (C=O) groups excluding carboxylic acids is 1. The number of aliphatic hydroxyl groups is 1. The van der Waals surface area contributed by atoms with Gasteiger partial charge in [0, 0.05) is 12.1 Å². The van der Waals surface area contributed by atoms with Crippen molar-refractivity contribution in [1.29, 1.82) is 0 Å². The third kappa shape index (κ3) is 3.08. The molecule has 0 aromatic carbocycles. The van der Waals surface area contributed by atoms with Gasteiger partial charge in [0.05, 0.1) is 16.9 Å². The van der Waals surface area contributed by atoms with Crippen LogP contribution in [0.3, 0.4) is 0 Å². The van der Waals surface area contributed by atoms with Gasteiger partial charge in [0.15, 0.2) is 6.04 Å². The van der Waals surface area contributed by atoms with E-state index in [2.05, 4.69) is 10.2 Å². The molecule has 25 heavy (non-hydrogen) atoms. The van der Waals surface area contributed by atoms with Gasteiger partial charge in [-0.15, -0.1) is 0 Å². The standard InChI is InChI=1S/C13H16F3N5O4/c1-4-9(19-8(3)5-10(18-19)21(24)25)11(22)20-12(23,13(14,15)16)6-7(2)17-20/h5,9,23H,4,6H2,1-3H3/t9-,12+/m1/s1. The summed E-state index contributed by atoms with van der Waals surface area (Å²) in [5.41, 5.74) is -3.29. The minimum absolute atomic E-state index is 0.00247. The molecule has 2 atom stereocenters. The normalized spacial score (nSPS) is 22.0. The molecular formula is C13H16F3N5O4. The summed E-state index contributed by atoms with van der Waals surface area (Å²) in [5, 5.41) is 28.0. The molecule has 138 valence electrons. The van der Waals surface area contributed by atoms with E-state index in [4.69, 9.17) is 0 Å². The van der Waals surface area contributed by atoms with E-state index in [1.165, 1.54) is 20.8 Å². The summed E-state index contributed by atoms with van der Waals surface area (Å²) in [6.45, 7) is 4.20. The SMILES string of the molecule is CC[C@H](C(=O)N1N=C(C)C[C@]1(O)C(F)(F)F)n1nc([N+](=O)[O-])cc1C. The Bertz CT molecular complexity index is 745. The molecule has 1 amide bonds. The molecule has 12 heteroatoms. The van der Waals surface area contributed by atoms with Crippen LogP contribution in [-0.4, -0.2) is 48.3 Å². The van der Waals surface area contributed by atoms with Gasteiger partial charge in [-0.3, -0.25) is 4.79 Å². The highest BCUT2D eigenvalue weighted by molar-refractivity contribution is 5.90. The number of hydrazone groups is 1. The Morgan fingerprint density at radius 3 is 2.56 bits per heavy atom. The van der Waals surface area contributed by atoms with Crippen molar-refractivity contribution in [3.05, 3.63) is 21.9 Å². The van der Waals surface area contributed by atoms with E-state index in [0.29, 0.717) is 0 Å². The molecule has 2 heterocycles. The van der Waals surface area contributed by atoms with E-state index in [1.807, 2.05) is 0 Å². The van der Waals surface area contributed by atoms with Crippen LogP contribution in [0.2, 0.25) is 0 Å². The van der Waals surface area contributed by atoms with Gasteiger partial charge in [-0.05, 0) is 25.2 Å². The maximum Gasteiger partial charge on any atom is 0.438 e. The molecule has 0 aliphatic carbocycles. The van der Waals surface area contributed by atoms with Crippen molar-refractivity contribution >= 4 is 17.4 Å². The average Bonchev–Trinajstić information content (AvgIpc) is 3.00.